The Morgan fingerprint density at radius 3 is 2.45 bits per heavy atom. The van der Waals surface area contributed by atoms with Gasteiger partial charge < -0.3 is 4.90 Å². The quantitative estimate of drug-likeness (QED) is 0.373. The molecule has 0 unspecified atom stereocenters. The second-order valence-electron chi connectivity index (χ2n) is 4.96. The number of hydrogen-bond acceptors (Lipinski definition) is 4. The third kappa shape index (κ3) is 3.49. The standard InChI is InChI=1S/C17H15N3O2/c1-19(2)17-5-3-4-13(11-17)10-15(12-18)14-6-8-16(9-7-14)20(21)22/h3-11H,1-2H3/b15-10+. The van der Waals surface area contributed by atoms with Crippen molar-refractivity contribution in [3.05, 3.63) is 69.8 Å². The van der Waals surface area contributed by atoms with E-state index >= 15 is 0 Å². The van der Waals surface area contributed by atoms with Crippen molar-refractivity contribution in [1.29, 1.82) is 5.26 Å². The predicted octanol–water partition coefficient (Wildman–Crippen LogP) is 3.72. The van der Waals surface area contributed by atoms with Crippen molar-refractivity contribution < 1.29 is 4.92 Å². The molecule has 0 atom stereocenters. The van der Waals surface area contributed by atoms with Gasteiger partial charge in [0.1, 0.15) is 0 Å². The molecule has 2 rings (SSSR count). The maximum Gasteiger partial charge on any atom is 0.269 e. The minimum absolute atomic E-state index is 0.00986. The van der Waals surface area contributed by atoms with Crippen LogP contribution in [0.4, 0.5) is 11.4 Å². The molecule has 0 spiro atoms. The highest BCUT2D eigenvalue weighted by molar-refractivity contribution is 5.90. The lowest BCUT2D eigenvalue weighted by Crippen LogP contribution is -2.08. The van der Waals surface area contributed by atoms with Gasteiger partial charge in [-0.05, 0) is 41.5 Å². The molecule has 0 radical (unpaired) electrons. The Labute approximate surface area is 128 Å². The van der Waals surface area contributed by atoms with E-state index in [9.17, 15) is 15.4 Å². The summed E-state index contributed by atoms with van der Waals surface area (Å²) in [5, 5.41) is 20.0. The largest absolute Gasteiger partial charge is 0.378 e. The fourth-order valence-electron chi connectivity index (χ4n) is 2.00. The Morgan fingerprint density at radius 1 is 1.23 bits per heavy atom. The third-order valence-electron chi connectivity index (χ3n) is 3.21. The summed E-state index contributed by atoms with van der Waals surface area (Å²) in [7, 11) is 3.90. The highest BCUT2D eigenvalue weighted by Gasteiger charge is 2.07. The monoisotopic (exact) mass is 293 g/mol. The molecule has 0 aliphatic heterocycles. The fraction of sp³-hybridized carbons (Fsp3) is 0.118. The minimum Gasteiger partial charge on any atom is -0.378 e. The van der Waals surface area contributed by atoms with Gasteiger partial charge in [-0.2, -0.15) is 5.26 Å². The Morgan fingerprint density at radius 2 is 1.91 bits per heavy atom. The zero-order valence-corrected chi connectivity index (χ0v) is 12.4. The first kappa shape index (κ1) is 15.3. The van der Waals surface area contributed by atoms with Crippen molar-refractivity contribution in [2.75, 3.05) is 19.0 Å². The molecule has 0 N–H and O–H groups in total. The summed E-state index contributed by atoms with van der Waals surface area (Å²) in [6.45, 7) is 0. The van der Waals surface area contributed by atoms with Crippen molar-refractivity contribution in [2.24, 2.45) is 0 Å². The van der Waals surface area contributed by atoms with Crippen molar-refractivity contribution in [3.63, 3.8) is 0 Å². The molecule has 0 aliphatic carbocycles. The zero-order valence-electron chi connectivity index (χ0n) is 12.4. The maximum absolute atomic E-state index is 10.7. The van der Waals surface area contributed by atoms with Crippen LogP contribution in [0.3, 0.4) is 0 Å². The number of rotatable bonds is 4. The van der Waals surface area contributed by atoms with Crippen molar-refractivity contribution in [3.8, 4) is 6.07 Å². The van der Waals surface area contributed by atoms with Gasteiger partial charge in [0.15, 0.2) is 0 Å². The number of nitriles is 1. The van der Waals surface area contributed by atoms with E-state index < -0.39 is 4.92 Å². The molecule has 5 nitrogen and oxygen atoms in total. The summed E-state index contributed by atoms with van der Waals surface area (Å²) in [6, 6.07) is 15.9. The molecule has 0 saturated carbocycles. The van der Waals surface area contributed by atoms with Crippen LogP contribution in [0.25, 0.3) is 11.6 Å². The molecule has 0 fully saturated rings. The van der Waals surface area contributed by atoms with E-state index in [1.54, 1.807) is 18.2 Å². The van der Waals surface area contributed by atoms with Crippen LogP contribution in [-0.2, 0) is 0 Å². The molecular formula is C17H15N3O2. The Kier molecular flexibility index (Phi) is 4.54. The van der Waals surface area contributed by atoms with Crippen LogP contribution >= 0.6 is 0 Å². The summed E-state index contributed by atoms with van der Waals surface area (Å²) in [5.41, 5.74) is 3.07. The minimum atomic E-state index is -0.458. The smallest absolute Gasteiger partial charge is 0.269 e. The van der Waals surface area contributed by atoms with E-state index in [4.69, 9.17) is 0 Å². The van der Waals surface area contributed by atoms with Crippen molar-refractivity contribution in [2.45, 2.75) is 0 Å². The number of non-ortho nitro benzene ring substituents is 1. The van der Waals surface area contributed by atoms with Crippen LogP contribution in [0.1, 0.15) is 11.1 Å². The maximum atomic E-state index is 10.7. The Hall–Kier alpha value is -3.13. The zero-order chi connectivity index (χ0) is 16.1. The van der Waals surface area contributed by atoms with Crippen LogP contribution in [0, 0.1) is 21.4 Å². The average Bonchev–Trinajstić information content (AvgIpc) is 2.53. The summed E-state index contributed by atoms with van der Waals surface area (Å²) in [6.07, 6.45) is 1.77. The molecule has 0 saturated heterocycles. The molecule has 2 aromatic rings. The highest BCUT2D eigenvalue weighted by Crippen LogP contribution is 2.22. The van der Waals surface area contributed by atoms with Gasteiger partial charge in [0.05, 0.1) is 16.6 Å². The van der Waals surface area contributed by atoms with Crippen molar-refractivity contribution >= 4 is 23.0 Å². The normalized spacial score (nSPS) is 10.9. The number of anilines is 1. The van der Waals surface area contributed by atoms with Crippen molar-refractivity contribution in [1.82, 2.24) is 0 Å². The van der Waals surface area contributed by atoms with Gasteiger partial charge in [0.25, 0.3) is 5.69 Å². The number of nitrogens with zero attached hydrogens (tertiary/aromatic N) is 3. The molecular weight excluding hydrogens is 278 g/mol. The van der Waals surface area contributed by atoms with Gasteiger partial charge in [-0.25, -0.2) is 0 Å². The van der Waals surface area contributed by atoms with E-state index in [1.165, 1.54) is 12.1 Å². The molecule has 22 heavy (non-hydrogen) atoms. The molecule has 0 aromatic heterocycles. The van der Waals surface area contributed by atoms with Gasteiger partial charge in [0.2, 0.25) is 0 Å². The Balaban J connectivity index is 2.37. The van der Waals surface area contributed by atoms with Gasteiger partial charge >= 0.3 is 0 Å². The molecule has 2 aromatic carbocycles. The first-order chi connectivity index (χ1) is 10.5. The SMILES string of the molecule is CN(C)c1cccc(/C=C(\C#N)c2ccc([N+](=O)[O-])cc2)c1. The molecule has 0 amide bonds. The van der Waals surface area contributed by atoms with Crippen LogP contribution < -0.4 is 4.90 Å². The summed E-state index contributed by atoms with van der Waals surface area (Å²) >= 11 is 0. The number of allylic oxidation sites excluding steroid dienone is 1. The number of nitro groups is 1. The highest BCUT2D eigenvalue weighted by atomic mass is 16.6. The molecule has 5 heteroatoms. The van der Waals surface area contributed by atoms with Crippen LogP contribution in [-0.4, -0.2) is 19.0 Å². The number of nitro benzene ring substituents is 1. The molecule has 0 bridgehead atoms. The first-order valence-corrected chi connectivity index (χ1v) is 6.65. The van der Waals surface area contributed by atoms with Gasteiger partial charge in [-0.15, -0.1) is 0 Å². The number of hydrogen-bond donors (Lipinski definition) is 0. The van der Waals surface area contributed by atoms with E-state index in [0.29, 0.717) is 11.1 Å². The first-order valence-electron chi connectivity index (χ1n) is 6.65. The third-order valence-corrected chi connectivity index (χ3v) is 3.21. The fourth-order valence-corrected chi connectivity index (χ4v) is 2.00. The second kappa shape index (κ2) is 6.55. The van der Waals surface area contributed by atoms with E-state index in [2.05, 4.69) is 6.07 Å². The topological polar surface area (TPSA) is 70.2 Å². The van der Waals surface area contributed by atoms with Gasteiger partial charge in [0, 0.05) is 31.9 Å². The van der Waals surface area contributed by atoms with Crippen LogP contribution in [0.2, 0.25) is 0 Å². The lowest BCUT2D eigenvalue weighted by atomic mass is 10.0. The Bertz CT molecular complexity index is 756. The van der Waals surface area contributed by atoms with Gasteiger partial charge in [-0.1, -0.05) is 12.1 Å². The van der Waals surface area contributed by atoms with Crippen LogP contribution in [0.5, 0.6) is 0 Å². The summed E-state index contributed by atoms with van der Waals surface area (Å²) < 4.78 is 0. The van der Waals surface area contributed by atoms with E-state index in [1.807, 2.05) is 43.3 Å². The summed E-state index contributed by atoms with van der Waals surface area (Å²) in [4.78, 5) is 12.2. The lowest BCUT2D eigenvalue weighted by Gasteiger charge is -2.12. The molecule has 0 aliphatic rings. The van der Waals surface area contributed by atoms with E-state index in [0.717, 1.165) is 11.3 Å². The molecule has 0 heterocycles. The molecule has 110 valence electrons. The summed E-state index contributed by atoms with van der Waals surface area (Å²) in [5.74, 6) is 0. The van der Waals surface area contributed by atoms with Gasteiger partial charge in [-0.3, -0.25) is 10.1 Å². The lowest BCUT2D eigenvalue weighted by molar-refractivity contribution is -0.384. The number of benzene rings is 2. The predicted molar refractivity (Wildman–Crippen MR) is 87.3 cm³/mol. The van der Waals surface area contributed by atoms with Crippen LogP contribution in [0.15, 0.2) is 48.5 Å². The average molecular weight is 293 g/mol. The van der Waals surface area contributed by atoms with E-state index in [-0.39, 0.29) is 5.69 Å². The second-order valence-corrected chi connectivity index (χ2v) is 4.96.